The summed E-state index contributed by atoms with van der Waals surface area (Å²) < 4.78 is 14.0. The Morgan fingerprint density at radius 2 is 1.78 bits per heavy atom. The van der Waals surface area contributed by atoms with E-state index in [0.29, 0.717) is 12.2 Å². The molecular formula is C22H26FN3O. The zero-order chi connectivity index (χ0) is 19.0. The van der Waals surface area contributed by atoms with Gasteiger partial charge < -0.3 is 15.0 Å². The molecule has 1 saturated heterocycles. The van der Waals surface area contributed by atoms with Gasteiger partial charge in [0.25, 0.3) is 0 Å². The molecule has 5 heteroatoms. The van der Waals surface area contributed by atoms with Gasteiger partial charge in [0.2, 0.25) is 0 Å². The number of para-hydroxylation sites is 2. The number of anilines is 1. The van der Waals surface area contributed by atoms with Crippen molar-refractivity contribution in [3.63, 3.8) is 0 Å². The predicted octanol–water partition coefficient (Wildman–Crippen LogP) is 3.78. The molecule has 0 spiro atoms. The van der Waals surface area contributed by atoms with Crippen molar-refractivity contribution in [1.82, 2.24) is 9.88 Å². The zero-order valence-corrected chi connectivity index (χ0v) is 15.9. The van der Waals surface area contributed by atoms with Crippen LogP contribution in [0, 0.1) is 19.7 Å². The summed E-state index contributed by atoms with van der Waals surface area (Å²) in [5.74, 6) is -0.171. The molecule has 0 saturated carbocycles. The van der Waals surface area contributed by atoms with E-state index in [1.54, 1.807) is 6.07 Å². The number of H-pyrrole nitrogens is 1. The van der Waals surface area contributed by atoms with Gasteiger partial charge in [0, 0.05) is 54.9 Å². The topological polar surface area (TPSA) is 42.5 Å². The number of aliphatic hydroxyl groups excluding tert-OH is 1. The van der Waals surface area contributed by atoms with Crippen molar-refractivity contribution in [2.24, 2.45) is 0 Å². The van der Waals surface area contributed by atoms with Gasteiger partial charge in [0.1, 0.15) is 5.82 Å². The second kappa shape index (κ2) is 7.33. The van der Waals surface area contributed by atoms with E-state index in [9.17, 15) is 9.50 Å². The van der Waals surface area contributed by atoms with Crippen molar-refractivity contribution in [2.45, 2.75) is 20.0 Å². The van der Waals surface area contributed by atoms with Gasteiger partial charge in [-0.15, -0.1) is 0 Å². The molecule has 2 heterocycles. The number of halogens is 1. The van der Waals surface area contributed by atoms with Crippen molar-refractivity contribution >= 4 is 16.6 Å². The number of nitrogens with zero attached hydrogens (tertiary/aromatic N) is 2. The number of nitrogens with one attached hydrogen (secondary N) is 1. The van der Waals surface area contributed by atoms with E-state index < -0.39 is 6.10 Å². The number of aliphatic hydroxyl groups is 1. The maximum absolute atomic E-state index is 14.0. The van der Waals surface area contributed by atoms with E-state index in [0.717, 1.165) is 48.3 Å². The van der Waals surface area contributed by atoms with Crippen molar-refractivity contribution < 1.29 is 9.50 Å². The van der Waals surface area contributed by atoms with Gasteiger partial charge in [-0.1, -0.05) is 30.3 Å². The highest BCUT2D eigenvalue weighted by molar-refractivity contribution is 5.87. The molecule has 1 aliphatic rings. The number of hydrogen-bond donors (Lipinski definition) is 2. The summed E-state index contributed by atoms with van der Waals surface area (Å²) in [4.78, 5) is 7.76. The van der Waals surface area contributed by atoms with Gasteiger partial charge in [-0.05, 0) is 31.5 Å². The monoisotopic (exact) mass is 367 g/mol. The van der Waals surface area contributed by atoms with Crippen LogP contribution < -0.4 is 4.90 Å². The fourth-order valence-corrected chi connectivity index (χ4v) is 4.16. The molecule has 0 bridgehead atoms. The van der Waals surface area contributed by atoms with Crippen LogP contribution in [0.15, 0.2) is 42.5 Å². The summed E-state index contributed by atoms with van der Waals surface area (Å²) in [6.45, 7) is 7.84. The van der Waals surface area contributed by atoms with Gasteiger partial charge in [0.05, 0.1) is 11.8 Å². The molecule has 4 nitrogen and oxygen atoms in total. The summed E-state index contributed by atoms with van der Waals surface area (Å²) in [6.07, 6.45) is -0.541. The average Bonchev–Trinajstić information content (AvgIpc) is 3.00. The number of rotatable bonds is 4. The number of benzene rings is 2. The number of piperazine rings is 1. The lowest BCUT2D eigenvalue weighted by Gasteiger charge is -2.37. The van der Waals surface area contributed by atoms with E-state index in [1.165, 1.54) is 11.6 Å². The smallest absolute Gasteiger partial charge is 0.146 e. The molecule has 1 fully saturated rings. The van der Waals surface area contributed by atoms with Crippen LogP contribution in [0.3, 0.4) is 0 Å². The first kappa shape index (κ1) is 18.0. The first-order chi connectivity index (χ1) is 13.0. The molecule has 4 rings (SSSR count). The minimum atomic E-state index is -0.541. The third kappa shape index (κ3) is 3.45. The standard InChI is InChI=1S/C22H26FN3O/c1-15-6-5-7-17-21(16(2)24-22(15)17)20(27)14-25-10-12-26(13-11-25)19-9-4-3-8-18(19)23/h3-9,20,24,27H,10-14H2,1-2H3. The largest absolute Gasteiger partial charge is 0.387 e. The number of aryl methyl sites for hydroxylation is 2. The molecule has 2 N–H and O–H groups in total. The highest BCUT2D eigenvalue weighted by Gasteiger charge is 2.24. The highest BCUT2D eigenvalue weighted by atomic mass is 19.1. The first-order valence-corrected chi connectivity index (χ1v) is 9.52. The number of hydrogen-bond acceptors (Lipinski definition) is 3. The maximum atomic E-state index is 14.0. The van der Waals surface area contributed by atoms with E-state index in [1.807, 2.05) is 25.1 Å². The third-order valence-corrected chi connectivity index (χ3v) is 5.61. The van der Waals surface area contributed by atoms with E-state index in [4.69, 9.17) is 0 Å². The zero-order valence-electron chi connectivity index (χ0n) is 15.9. The predicted molar refractivity (Wildman–Crippen MR) is 108 cm³/mol. The highest BCUT2D eigenvalue weighted by Crippen LogP contribution is 2.30. The van der Waals surface area contributed by atoms with Crippen molar-refractivity contribution in [3.05, 3.63) is 65.1 Å². The van der Waals surface area contributed by atoms with Crippen LogP contribution in [0.2, 0.25) is 0 Å². The van der Waals surface area contributed by atoms with E-state index in [2.05, 4.69) is 33.8 Å². The SMILES string of the molecule is Cc1[nH]c2c(C)cccc2c1C(O)CN1CCN(c2ccccc2F)CC1. The number of aromatic nitrogens is 1. The van der Waals surface area contributed by atoms with E-state index >= 15 is 0 Å². The summed E-state index contributed by atoms with van der Waals surface area (Å²) in [5.41, 5.74) is 4.98. The minimum absolute atomic E-state index is 0.171. The fraction of sp³-hybridized carbons (Fsp3) is 0.364. The molecule has 1 aliphatic heterocycles. The van der Waals surface area contributed by atoms with Crippen LogP contribution in [-0.2, 0) is 0 Å². The molecule has 142 valence electrons. The van der Waals surface area contributed by atoms with Crippen LogP contribution in [0.4, 0.5) is 10.1 Å². The van der Waals surface area contributed by atoms with Gasteiger partial charge in [-0.3, -0.25) is 4.90 Å². The van der Waals surface area contributed by atoms with Crippen LogP contribution in [0.5, 0.6) is 0 Å². The molecule has 0 aliphatic carbocycles. The second-order valence-electron chi connectivity index (χ2n) is 7.42. The maximum Gasteiger partial charge on any atom is 0.146 e. The van der Waals surface area contributed by atoms with Crippen LogP contribution in [-0.4, -0.2) is 47.7 Å². The number of aromatic amines is 1. The molecule has 0 amide bonds. The Morgan fingerprint density at radius 1 is 1.04 bits per heavy atom. The summed E-state index contributed by atoms with van der Waals surface area (Å²) >= 11 is 0. The Bertz CT molecular complexity index is 944. The molecule has 1 unspecified atom stereocenters. The lowest BCUT2D eigenvalue weighted by molar-refractivity contribution is 0.110. The summed E-state index contributed by atoms with van der Waals surface area (Å²) in [6, 6.07) is 13.1. The minimum Gasteiger partial charge on any atom is -0.387 e. The van der Waals surface area contributed by atoms with Gasteiger partial charge in [-0.25, -0.2) is 4.39 Å². The Hall–Kier alpha value is -2.37. The lowest BCUT2D eigenvalue weighted by Crippen LogP contribution is -2.47. The molecule has 2 aromatic carbocycles. The Labute approximate surface area is 159 Å². The molecule has 1 aromatic heterocycles. The van der Waals surface area contributed by atoms with Crippen LogP contribution >= 0.6 is 0 Å². The normalized spacial score (nSPS) is 16.8. The molecular weight excluding hydrogens is 341 g/mol. The van der Waals surface area contributed by atoms with E-state index in [-0.39, 0.29) is 5.82 Å². The van der Waals surface area contributed by atoms with Gasteiger partial charge in [-0.2, -0.15) is 0 Å². The molecule has 27 heavy (non-hydrogen) atoms. The number of β-amino-alcohol motifs (C(OH)–C–C–N with tert-alkyl or cyclic N) is 1. The Balaban J connectivity index is 1.45. The Morgan fingerprint density at radius 3 is 2.52 bits per heavy atom. The van der Waals surface area contributed by atoms with Crippen molar-refractivity contribution in [2.75, 3.05) is 37.6 Å². The first-order valence-electron chi connectivity index (χ1n) is 9.52. The Kier molecular flexibility index (Phi) is 4.89. The van der Waals surface area contributed by atoms with Gasteiger partial charge in [0.15, 0.2) is 0 Å². The lowest BCUT2D eigenvalue weighted by atomic mass is 10.0. The molecule has 1 atom stereocenters. The molecule has 0 radical (unpaired) electrons. The average molecular weight is 367 g/mol. The van der Waals surface area contributed by atoms with Crippen molar-refractivity contribution in [3.8, 4) is 0 Å². The van der Waals surface area contributed by atoms with Crippen LogP contribution in [0.1, 0.15) is 22.9 Å². The fourth-order valence-electron chi connectivity index (χ4n) is 4.16. The molecule has 3 aromatic rings. The number of fused-ring (bicyclic) bond motifs is 1. The quantitative estimate of drug-likeness (QED) is 0.737. The van der Waals surface area contributed by atoms with Gasteiger partial charge >= 0.3 is 0 Å². The summed E-state index contributed by atoms with van der Waals surface area (Å²) in [5, 5.41) is 12.0. The third-order valence-electron chi connectivity index (χ3n) is 5.61. The summed E-state index contributed by atoms with van der Waals surface area (Å²) in [7, 11) is 0. The second-order valence-corrected chi connectivity index (χ2v) is 7.42. The van der Waals surface area contributed by atoms with Crippen LogP contribution in [0.25, 0.3) is 10.9 Å². The van der Waals surface area contributed by atoms with Crippen molar-refractivity contribution in [1.29, 1.82) is 0 Å².